The van der Waals surface area contributed by atoms with Crippen LogP contribution >= 0.6 is 0 Å². The van der Waals surface area contributed by atoms with Gasteiger partial charge in [-0.3, -0.25) is 0 Å². The Hall–Kier alpha value is -0.160. The van der Waals surface area contributed by atoms with Gasteiger partial charge < -0.3 is 19.7 Å². The summed E-state index contributed by atoms with van der Waals surface area (Å²) in [4.78, 5) is 0. The Morgan fingerprint density at radius 2 is 1.73 bits per heavy atom. The lowest BCUT2D eigenvalue weighted by molar-refractivity contribution is -0.232. The maximum atomic E-state index is 10.5. The first-order chi connectivity index (χ1) is 10.4. The molecule has 0 aromatic rings. The molecule has 1 aliphatic carbocycles. The average molecular weight is 314 g/mol. The molecule has 1 saturated heterocycles. The first-order valence-electron chi connectivity index (χ1n) is 9.07. The standard InChI is InChI=1S/C18H34O4/c1-6-8-15(13-9-10(13)3)22-18-12(5)16(19)11(4)17(20)14(7-2)21-18/h10-20H,6-9H2,1-5H3/t10-,11?,12-,13+,14?,15-,16?,17?,18?/m0/s1. The first kappa shape index (κ1) is 18.2. The number of hydrogen-bond donors (Lipinski definition) is 2. The largest absolute Gasteiger partial charge is 0.392 e. The molecule has 22 heavy (non-hydrogen) atoms. The van der Waals surface area contributed by atoms with Crippen LogP contribution in [0.15, 0.2) is 0 Å². The molecule has 1 aliphatic heterocycles. The maximum Gasteiger partial charge on any atom is 0.163 e. The van der Waals surface area contributed by atoms with E-state index in [1.54, 1.807) is 0 Å². The number of aliphatic hydroxyl groups excluding tert-OH is 2. The van der Waals surface area contributed by atoms with Gasteiger partial charge in [0, 0.05) is 11.8 Å². The van der Waals surface area contributed by atoms with E-state index < -0.39 is 18.5 Å². The molecule has 5 unspecified atom stereocenters. The van der Waals surface area contributed by atoms with Crippen LogP contribution in [0.2, 0.25) is 0 Å². The molecule has 0 amide bonds. The van der Waals surface area contributed by atoms with Crippen molar-refractivity contribution < 1.29 is 19.7 Å². The van der Waals surface area contributed by atoms with Crippen molar-refractivity contribution in [2.75, 3.05) is 0 Å². The fourth-order valence-corrected chi connectivity index (χ4v) is 3.76. The highest BCUT2D eigenvalue weighted by atomic mass is 16.7. The zero-order valence-corrected chi connectivity index (χ0v) is 14.7. The van der Waals surface area contributed by atoms with E-state index in [0.29, 0.717) is 5.92 Å². The quantitative estimate of drug-likeness (QED) is 0.791. The SMILES string of the molecule is CCC[C@H](OC1OC(CC)C(O)C(C)C(O)[C@@H]1C)[C@@H]1C[C@@H]1C. The van der Waals surface area contributed by atoms with Gasteiger partial charge in [0.2, 0.25) is 0 Å². The summed E-state index contributed by atoms with van der Waals surface area (Å²) in [6, 6.07) is 0. The van der Waals surface area contributed by atoms with Crippen LogP contribution in [0.1, 0.15) is 60.3 Å². The Morgan fingerprint density at radius 3 is 2.23 bits per heavy atom. The van der Waals surface area contributed by atoms with E-state index in [-0.39, 0.29) is 24.0 Å². The van der Waals surface area contributed by atoms with Crippen LogP contribution in [-0.4, -0.2) is 40.9 Å². The highest BCUT2D eigenvalue weighted by Gasteiger charge is 2.45. The fraction of sp³-hybridized carbons (Fsp3) is 1.00. The lowest BCUT2D eigenvalue weighted by Gasteiger charge is -2.31. The van der Waals surface area contributed by atoms with Gasteiger partial charge >= 0.3 is 0 Å². The Morgan fingerprint density at radius 1 is 1.09 bits per heavy atom. The summed E-state index contributed by atoms with van der Waals surface area (Å²) < 4.78 is 12.4. The molecule has 2 fully saturated rings. The van der Waals surface area contributed by atoms with E-state index in [2.05, 4.69) is 13.8 Å². The summed E-state index contributed by atoms with van der Waals surface area (Å²) in [5.74, 6) is 1.03. The van der Waals surface area contributed by atoms with Crippen molar-refractivity contribution in [3.63, 3.8) is 0 Å². The number of aliphatic hydroxyl groups is 2. The number of ether oxygens (including phenoxy) is 2. The molecule has 9 atom stereocenters. The van der Waals surface area contributed by atoms with Gasteiger partial charge in [0.15, 0.2) is 6.29 Å². The zero-order valence-electron chi connectivity index (χ0n) is 14.7. The summed E-state index contributed by atoms with van der Waals surface area (Å²) >= 11 is 0. The summed E-state index contributed by atoms with van der Waals surface area (Å²) in [7, 11) is 0. The normalized spacial score (nSPS) is 47.0. The number of hydrogen-bond acceptors (Lipinski definition) is 4. The van der Waals surface area contributed by atoms with Gasteiger partial charge in [0.25, 0.3) is 0 Å². The Bertz CT molecular complexity index is 346. The third-order valence-corrected chi connectivity index (χ3v) is 5.67. The van der Waals surface area contributed by atoms with Crippen LogP contribution in [0.4, 0.5) is 0 Å². The summed E-state index contributed by atoms with van der Waals surface area (Å²) in [5, 5.41) is 20.9. The molecule has 4 heteroatoms. The smallest absolute Gasteiger partial charge is 0.163 e. The van der Waals surface area contributed by atoms with Crippen LogP contribution in [0, 0.1) is 23.7 Å². The minimum Gasteiger partial charge on any atom is -0.392 e. The van der Waals surface area contributed by atoms with Gasteiger partial charge in [-0.1, -0.05) is 41.0 Å². The van der Waals surface area contributed by atoms with Gasteiger partial charge in [-0.05, 0) is 31.1 Å². The van der Waals surface area contributed by atoms with Crippen molar-refractivity contribution >= 4 is 0 Å². The lowest BCUT2D eigenvalue weighted by Crippen LogP contribution is -2.38. The second-order valence-electron chi connectivity index (χ2n) is 7.49. The fourth-order valence-electron chi connectivity index (χ4n) is 3.76. The Balaban J connectivity index is 2.09. The molecule has 1 heterocycles. The van der Waals surface area contributed by atoms with Crippen molar-refractivity contribution in [3.8, 4) is 0 Å². The topological polar surface area (TPSA) is 58.9 Å². The minimum absolute atomic E-state index is 0.130. The minimum atomic E-state index is -0.638. The molecular weight excluding hydrogens is 280 g/mol. The Labute approximate surface area is 135 Å². The summed E-state index contributed by atoms with van der Waals surface area (Å²) in [6.45, 7) is 10.3. The van der Waals surface area contributed by atoms with E-state index in [1.807, 2.05) is 20.8 Å². The molecule has 0 bridgehead atoms. The predicted molar refractivity (Wildman–Crippen MR) is 86.3 cm³/mol. The molecule has 4 nitrogen and oxygen atoms in total. The highest BCUT2D eigenvalue weighted by molar-refractivity contribution is 4.91. The van der Waals surface area contributed by atoms with Gasteiger partial charge in [-0.15, -0.1) is 0 Å². The zero-order chi connectivity index (χ0) is 16.4. The molecule has 0 radical (unpaired) electrons. The van der Waals surface area contributed by atoms with Crippen molar-refractivity contribution in [1.82, 2.24) is 0 Å². The molecule has 0 aromatic heterocycles. The summed E-state index contributed by atoms with van der Waals surface area (Å²) in [6.07, 6.45) is 2.36. The van der Waals surface area contributed by atoms with E-state index in [0.717, 1.165) is 25.2 Å². The van der Waals surface area contributed by atoms with Crippen LogP contribution in [0.3, 0.4) is 0 Å². The molecule has 0 aromatic carbocycles. The van der Waals surface area contributed by atoms with E-state index in [1.165, 1.54) is 6.42 Å². The van der Waals surface area contributed by atoms with Gasteiger partial charge in [-0.2, -0.15) is 0 Å². The molecule has 1 saturated carbocycles. The van der Waals surface area contributed by atoms with Gasteiger partial charge in [0.05, 0.1) is 24.4 Å². The second-order valence-corrected chi connectivity index (χ2v) is 7.49. The maximum absolute atomic E-state index is 10.5. The van der Waals surface area contributed by atoms with Gasteiger partial charge in [0.1, 0.15) is 0 Å². The molecular formula is C18H34O4. The molecule has 2 N–H and O–H groups in total. The van der Waals surface area contributed by atoms with E-state index in [9.17, 15) is 10.2 Å². The van der Waals surface area contributed by atoms with E-state index in [4.69, 9.17) is 9.47 Å². The second kappa shape index (κ2) is 7.61. The van der Waals surface area contributed by atoms with E-state index >= 15 is 0 Å². The Kier molecular flexibility index (Phi) is 6.29. The summed E-state index contributed by atoms with van der Waals surface area (Å²) in [5.41, 5.74) is 0. The lowest BCUT2D eigenvalue weighted by atomic mass is 9.88. The van der Waals surface area contributed by atoms with Crippen molar-refractivity contribution in [2.45, 2.75) is 91.0 Å². The molecule has 2 aliphatic rings. The third kappa shape index (κ3) is 3.84. The molecule has 0 spiro atoms. The average Bonchev–Trinajstić information content (AvgIpc) is 3.24. The van der Waals surface area contributed by atoms with Crippen LogP contribution in [0.25, 0.3) is 0 Å². The van der Waals surface area contributed by atoms with Crippen LogP contribution < -0.4 is 0 Å². The molecule has 2 rings (SSSR count). The van der Waals surface area contributed by atoms with Crippen LogP contribution in [-0.2, 0) is 9.47 Å². The monoisotopic (exact) mass is 314 g/mol. The van der Waals surface area contributed by atoms with Crippen molar-refractivity contribution in [2.24, 2.45) is 23.7 Å². The molecule has 130 valence electrons. The van der Waals surface area contributed by atoms with Gasteiger partial charge in [-0.25, -0.2) is 0 Å². The first-order valence-corrected chi connectivity index (χ1v) is 9.07. The highest BCUT2D eigenvalue weighted by Crippen LogP contribution is 2.44. The third-order valence-electron chi connectivity index (χ3n) is 5.67. The van der Waals surface area contributed by atoms with Crippen molar-refractivity contribution in [3.05, 3.63) is 0 Å². The number of rotatable bonds is 6. The van der Waals surface area contributed by atoms with Crippen LogP contribution in [0.5, 0.6) is 0 Å². The predicted octanol–water partition coefficient (Wildman–Crippen LogP) is 2.96. The van der Waals surface area contributed by atoms with Crippen molar-refractivity contribution in [1.29, 1.82) is 0 Å².